The maximum absolute atomic E-state index is 11.5. The van der Waals surface area contributed by atoms with E-state index in [1.165, 1.54) is 0 Å². The third-order valence-electron chi connectivity index (χ3n) is 2.47. The number of aliphatic hydroxyl groups is 1. The molecule has 0 saturated heterocycles. The van der Waals surface area contributed by atoms with Crippen molar-refractivity contribution in [3.05, 3.63) is 12.3 Å². The van der Waals surface area contributed by atoms with Gasteiger partial charge >= 0.3 is 6.03 Å². The van der Waals surface area contributed by atoms with Crippen LogP contribution in [0.3, 0.4) is 0 Å². The predicted molar refractivity (Wildman–Crippen MR) is 70.4 cm³/mol. The standard InChI is InChI=1S/C12H22N4O2/c1-9(2)4-6-16-7-5-11(15-16)14-12(18)13-10(3)8-17/h5,7,9-10,17H,4,6,8H2,1-3H3,(H2,13,14,15,18)/t10-/m0/s1. The first-order valence-corrected chi connectivity index (χ1v) is 6.23. The van der Waals surface area contributed by atoms with Crippen molar-refractivity contribution in [1.29, 1.82) is 0 Å². The molecule has 0 fully saturated rings. The SMILES string of the molecule is CC(C)CCn1ccc(NC(=O)N[C@@H](C)CO)n1. The number of carbonyl (C=O) groups excluding carboxylic acids is 1. The van der Waals surface area contributed by atoms with E-state index in [0.717, 1.165) is 13.0 Å². The minimum atomic E-state index is -0.356. The first kappa shape index (κ1) is 14.5. The summed E-state index contributed by atoms with van der Waals surface area (Å²) in [5, 5.41) is 18.3. The maximum atomic E-state index is 11.5. The number of amides is 2. The largest absolute Gasteiger partial charge is 0.394 e. The molecule has 0 aromatic carbocycles. The van der Waals surface area contributed by atoms with Crippen molar-refractivity contribution in [2.75, 3.05) is 11.9 Å². The van der Waals surface area contributed by atoms with Gasteiger partial charge in [0.2, 0.25) is 0 Å². The Morgan fingerprint density at radius 1 is 1.50 bits per heavy atom. The van der Waals surface area contributed by atoms with Crippen molar-refractivity contribution in [1.82, 2.24) is 15.1 Å². The summed E-state index contributed by atoms with van der Waals surface area (Å²) >= 11 is 0. The minimum Gasteiger partial charge on any atom is -0.394 e. The number of aliphatic hydroxyl groups excluding tert-OH is 1. The van der Waals surface area contributed by atoms with Crippen LogP contribution in [0.4, 0.5) is 10.6 Å². The van der Waals surface area contributed by atoms with Crippen LogP contribution in [0.1, 0.15) is 27.2 Å². The van der Waals surface area contributed by atoms with Crippen molar-refractivity contribution < 1.29 is 9.90 Å². The van der Waals surface area contributed by atoms with Crippen LogP contribution in [0.15, 0.2) is 12.3 Å². The van der Waals surface area contributed by atoms with Gasteiger partial charge < -0.3 is 10.4 Å². The number of rotatable bonds is 6. The molecule has 0 aliphatic carbocycles. The van der Waals surface area contributed by atoms with Crippen molar-refractivity contribution in [3.63, 3.8) is 0 Å². The number of nitrogens with one attached hydrogen (secondary N) is 2. The molecule has 6 heteroatoms. The third kappa shape index (κ3) is 5.18. The topological polar surface area (TPSA) is 79.2 Å². The van der Waals surface area contributed by atoms with Crippen LogP contribution in [-0.2, 0) is 6.54 Å². The molecule has 0 unspecified atom stereocenters. The summed E-state index contributed by atoms with van der Waals surface area (Å²) in [6.45, 7) is 6.80. The van der Waals surface area contributed by atoms with Gasteiger partial charge in [0.1, 0.15) is 0 Å². The lowest BCUT2D eigenvalue weighted by Crippen LogP contribution is -2.38. The van der Waals surface area contributed by atoms with Gasteiger partial charge in [-0.15, -0.1) is 0 Å². The van der Waals surface area contributed by atoms with Crippen molar-refractivity contribution in [2.45, 2.75) is 39.8 Å². The lowest BCUT2D eigenvalue weighted by Gasteiger charge is -2.10. The van der Waals surface area contributed by atoms with Crippen LogP contribution in [0.25, 0.3) is 0 Å². The third-order valence-corrected chi connectivity index (χ3v) is 2.47. The highest BCUT2D eigenvalue weighted by atomic mass is 16.3. The van der Waals surface area contributed by atoms with Crippen LogP contribution < -0.4 is 10.6 Å². The van der Waals surface area contributed by atoms with Gasteiger partial charge in [0.05, 0.1) is 12.6 Å². The summed E-state index contributed by atoms with van der Waals surface area (Å²) in [6, 6.07) is 1.13. The van der Waals surface area contributed by atoms with Gasteiger partial charge in [-0.05, 0) is 19.3 Å². The predicted octanol–water partition coefficient (Wildman–Crippen LogP) is 1.43. The highest BCUT2D eigenvalue weighted by Gasteiger charge is 2.07. The lowest BCUT2D eigenvalue weighted by molar-refractivity contribution is 0.229. The molecule has 1 rings (SSSR count). The molecule has 2 amide bonds. The molecule has 1 heterocycles. The van der Waals surface area contributed by atoms with Crippen LogP contribution in [0.2, 0.25) is 0 Å². The van der Waals surface area contributed by atoms with E-state index in [0.29, 0.717) is 11.7 Å². The van der Waals surface area contributed by atoms with E-state index in [1.807, 2.05) is 10.9 Å². The second-order valence-electron chi connectivity index (χ2n) is 4.83. The number of aryl methyl sites for hydroxylation is 1. The fourth-order valence-corrected chi connectivity index (χ4v) is 1.37. The fourth-order valence-electron chi connectivity index (χ4n) is 1.37. The molecule has 1 atom stereocenters. The molecule has 0 spiro atoms. The number of anilines is 1. The zero-order chi connectivity index (χ0) is 13.5. The van der Waals surface area contributed by atoms with Gasteiger partial charge in [-0.2, -0.15) is 5.10 Å². The zero-order valence-corrected chi connectivity index (χ0v) is 11.2. The minimum absolute atomic E-state index is 0.0871. The molecule has 0 saturated carbocycles. The average molecular weight is 254 g/mol. The summed E-state index contributed by atoms with van der Waals surface area (Å²) in [6.07, 6.45) is 2.89. The van der Waals surface area contributed by atoms with E-state index in [2.05, 4.69) is 29.6 Å². The summed E-state index contributed by atoms with van der Waals surface area (Å²) < 4.78 is 1.81. The molecule has 102 valence electrons. The van der Waals surface area contributed by atoms with E-state index in [4.69, 9.17) is 5.11 Å². The Bertz CT molecular complexity index is 376. The first-order chi connectivity index (χ1) is 8.51. The van der Waals surface area contributed by atoms with E-state index in [1.54, 1.807) is 13.0 Å². The molecule has 0 aliphatic rings. The number of hydrogen-bond acceptors (Lipinski definition) is 3. The molecule has 3 N–H and O–H groups in total. The van der Waals surface area contributed by atoms with Gasteiger partial charge in [0.15, 0.2) is 5.82 Å². The number of nitrogens with zero attached hydrogens (tertiary/aromatic N) is 2. The van der Waals surface area contributed by atoms with Gasteiger partial charge in [-0.3, -0.25) is 10.00 Å². The number of hydrogen-bond donors (Lipinski definition) is 3. The molecular weight excluding hydrogens is 232 g/mol. The van der Waals surface area contributed by atoms with Gasteiger partial charge in [0, 0.05) is 18.8 Å². The van der Waals surface area contributed by atoms with E-state index in [-0.39, 0.29) is 18.7 Å². The molecular formula is C12H22N4O2. The van der Waals surface area contributed by atoms with Crippen molar-refractivity contribution in [2.24, 2.45) is 5.92 Å². The Hall–Kier alpha value is -1.56. The molecule has 1 aromatic heterocycles. The molecule has 0 aliphatic heterocycles. The first-order valence-electron chi connectivity index (χ1n) is 6.23. The lowest BCUT2D eigenvalue weighted by atomic mass is 10.1. The molecule has 0 bridgehead atoms. The fraction of sp³-hybridized carbons (Fsp3) is 0.667. The summed E-state index contributed by atoms with van der Waals surface area (Å²) in [5.74, 6) is 1.14. The molecule has 0 radical (unpaired) electrons. The van der Waals surface area contributed by atoms with E-state index >= 15 is 0 Å². The van der Waals surface area contributed by atoms with Crippen molar-refractivity contribution >= 4 is 11.8 Å². The van der Waals surface area contributed by atoms with Gasteiger partial charge in [-0.1, -0.05) is 13.8 Å². The normalized spacial score (nSPS) is 12.5. The summed E-state index contributed by atoms with van der Waals surface area (Å²) in [5.41, 5.74) is 0. The quantitative estimate of drug-likeness (QED) is 0.718. The van der Waals surface area contributed by atoms with Gasteiger partial charge in [-0.25, -0.2) is 4.79 Å². The second kappa shape index (κ2) is 7.00. The van der Waals surface area contributed by atoms with Crippen molar-refractivity contribution in [3.8, 4) is 0 Å². The Kier molecular flexibility index (Phi) is 5.64. The number of aromatic nitrogens is 2. The summed E-state index contributed by atoms with van der Waals surface area (Å²) in [4.78, 5) is 11.5. The Morgan fingerprint density at radius 3 is 2.83 bits per heavy atom. The number of carbonyl (C=O) groups is 1. The molecule has 1 aromatic rings. The highest BCUT2D eigenvalue weighted by Crippen LogP contribution is 2.06. The van der Waals surface area contributed by atoms with Crippen LogP contribution in [0.5, 0.6) is 0 Å². The second-order valence-corrected chi connectivity index (χ2v) is 4.83. The smallest absolute Gasteiger partial charge is 0.320 e. The Labute approximate surface area is 107 Å². The highest BCUT2D eigenvalue weighted by molar-refractivity contribution is 5.88. The molecule has 18 heavy (non-hydrogen) atoms. The van der Waals surface area contributed by atoms with Crippen LogP contribution in [-0.4, -0.2) is 33.6 Å². The molecule has 6 nitrogen and oxygen atoms in total. The van der Waals surface area contributed by atoms with E-state index in [9.17, 15) is 4.79 Å². The van der Waals surface area contributed by atoms with Gasteiger partial charge in [0.25, 0.3) is 0 Å². The monoisotopic (exact) mass is 254 g/mol. The van der Waals surface area contributed by atoms with Crippen LogP contribution >= 0.6 is 0 Å². The maximum Gasteiger partial charge on any atom is 0.320 e. The Balaban J connectivity index is 2.41. The van der Waals surface area contributed by atoms with E-state index < -0.39 is 0 Å². The number of urea groups is 1. The average Bonchev–Trinajstić information content (AvgIpc) is 2.73. The Morgan fingerprint density at radius 2 is 2.22 bits per heavy atom. The zero-order valence-electron chi connectivity index (χ0n) is 11.2. The summed E-state index contributed by atoms with van der Waals surface area (Å²) in [7, 11) is 0. The van der Waals surface area contributed by atoms with Crippen LogP contribution in [0, 0.1) is 5.92 Å².